The van der Waals surface area contributed by atoms with Crippen molar-refractivity contribution in [3.05, 3.63) is 70.7 Å². The van der Waals surface area contributed by atoms with Crippen LogP contribution in [0.5, 0.6) is 5.75 Å². The van der Waals surface area contributed by atoms with Crippen LogP contribution in [0.15, 0.2) is 64.1 Å². The van der Waals surface area contributed by atoms with Crippen LogP contribution >= 0.6 is 15.9 Å². The van der Waals surface area contributed by atoms with Crippen molar-refractivity contribution in [2.45, 2.75) is 32.7 Å². The highest BCUT2D eigenvalue weighted by molar-refractivity contribution is 9.10. The van der Waals surface area contributed by atoms with Gasteiger partial charge in [-0.25, -0.2) is 4.98 Å². The van der Waals surface area contributed by atoms with E-state index in [0.29, 0.717) is 21.3 Å². The third-order valence-electron chi connectivity index (χ3n) is 4.52. The minimum atomic E-state index is -4.58. The van der Waals surface area contributed by atoms with Crippen LogP contribution in [0.2, 0.25) is 0 Å². The largest absolute Gasteiger partial charge is 0.490 e. The Balaban J connectivity index is 1.67. The molecule has 2 aromatic carbocycles. The molecule has 2 heterocycles. The van der Waals surface area contributed by atoms with Crippen molar-refractivity contribution in [1.82, 2.24) is 19.7 Å². The number of halogens is 4. The van der Waals surface area contributed by atoms with Crippen molar-refractivity contribution in [2.75, 3.05) is 0 Å². The Hall–Kier alpha value is -3.14. The molecule has 0 unspecified atom stereocenters. The lowest BCUT2D eigenvalue weighted by atomic mass is 10.0. The number of alkyl halides is 3. The van der Waals surface area contributed by atoms with Crippen LogP contribution in [0, 0.1) is 0 Å². The maximum Gasteiger partial charge on any atom is 0.417 e. The molecule has 0 spiro atoms. The summed E-state index contributed by atoms with van der Waals surface area (Å²) in [6.45, 7) is 4.08. The zero-order valence-electron chi connectivity index (χ0n) is 17.1. The van der Waals surface area contributed by atoms with Gasteiger partial charge in [-0.15, -0.1) is 0 Å². The summed E-state index contributed by atoms with van der Waals surface area (Å²) < 4.78 is 54.7. The van der Waals surface area contributed by atoms with Gasteiger partial charge < -0.3 is 13.8 Å². The zero-order valence-corrected chi connectivity index (χ0v) is 18.7. The van der Waals surface area contributed by atoms with Crippen LogP contribution in [-0.2, 0) is 12.7 Å². The van der Waals surface area contributed by atoms with Gasteiger partial charge in [-0.05, 0) is 59.6 Å². The summed E-state index contributed by atoms with van der Waals surface area (Å²) >= 11 is 3.42. The molecule has 0 aliphatic carbocycles. The third kappa shape index (κ3) is 4.85. The topological polar surface area (TPSA) is 66.0 Å². The Kier molecular flexibility index (Phi) is 6.05. The molecule has 4 rings (SSSR count). The normalized spacial score (nSPS) is 11.8. The second-order valence-corrected chi connectivity index (χ2v) is 8.20. The molecule has 6 nitrogen and oxygen atoms in total. The van der Waals surface area contributed by atoms with Crippen molar-refractivity contribution < 1.29 is 22.4 Å². The molecule has 166 valence electrons. The van der Waals surface area contributed by atoms with Gasteiger partial charge in [-0.2, -0.15) is 18.2 Å². The van der Waals surface area contributed by atoms with Crippen LogP contribution in [-0.4, -0.2) is 25.8 Å². The Labute approximate surface area is 190 Å². The summed E-state index contributed by atoms with van der Waals surface area (Å²) in [5.41, 5.74) is 0.0505. The number of rotatable bonds is 6. The Morgan fingerprint density at radius 2 is 1.97 bits per heavy atom. The van der Waals surface area contributed by atoms with E-state index in [1.807, 2.05) is 13.8 Å². The summed E-state index contributed by atoms with van der Waals surface area (Å²) in [6, 6.07) is 9.22. The highest BCUT2D eigenvalue weighted by atomic mass is 79.9. The van der Waals surface area contributed by atoms with Crippen molar-refractivity contribution in [2.24, 2.45) is 0 Å². The molecule has 10 heteroatoms. The van der Waals surface area contributed by atoms with E-state index in [-0.39, 0.29) is 29.9 Å². The first-order chi connectivity index (χ1) is 15.2. The SMILES string of the molecule is CC(C)Oc1ccc(-c2nc(-c3ccc(Cn4ccnc4)cc3C(F)(F)F)no2)cc1Br. The summed E-state index contributed by atoms with van der Waals surface area (Å²) in [4.78, 5) is 8.12. The molecule has 0 radical (unpaired) electrons. The Bertz CT molecular complexity index is 1220. The van der Waals surface area contributed by atoms with E-state index < -0.39 is 11.7 Å². The fourth-order valence-electron chi connectivity index (χ4n) is 3.14. The Morgan fingerprint density at radius 1 is 1.16 bits per heavy atom. The molecular formula is C22H18BrF3N4O2. The molecule has 2 aromatic heterocycles. The predicted molar refractivity (Wildman–Crippen MR) is 115 cm³/mol. The summed E-state index contributed by atoms with van der Waals surface area (Å²) in [5.74, 6) is 0.601. The van der Waals surface area contributed by atoms with Crippen LogP contribution in [0.1, 0.15) is 25.0 Å². The predicted octanol–water partition coefficient (Wildman–Crippen LogP) is 6.22. The number of hydrogen-bond donors (Lipinski definition) is 0. The smallest absolute Gasteiger partial charge is 0.417 e. The van der Waals surface area contributed by atoms with Crippen molar-refractivity contribution in [1.29, 1.82) is 0 Å². The third-order valence-corrected chi connectivity index (χ3v) is 5.14. The number of hydrogen-bond acceptors (Lipinski definition) is 5. The summed E-state index contributed by atoms with van der Waals surface area (Å²) in [5, 5.41) is 3.79. The van der Waals surface area contributed by atoms with E-state index in [0.717, 1.165) is 6.07 Å². The molecule has 0 saturated heterocycles. The van der Waals surface area contributed by atoms with Crippen LogP contribution in [0.25, 0.3) is 22.8 Å². The average molecular weight is 507 g/mol. The fraction of sp³-hybridized carbons (Fsp3) is 0.227. The molecule has 0 aliphatic rings. The first kappa shape index (κ1) is 22.1. The van der Waals surface area contributed by atoms with E-state index in [2.05, 4.69) is 31.1 Å². The van der Waals surface area contributed by atoms with Gasteiger partial charge in [0.1, 0.15) is 5.75 Å². The molecule has 32 heavy (non-hydrogen) atoms. The zero-order chi connectivity index (χ0) is 22.9. The number of benzene rings is 2. The van der Waals surface area contributed by atoms with Gasteiger partial charge >= 0.3 is 6.18 Å². The maximum atomic E-state index is 13.8. The molecule has 0 aliphatic heterocycles. The molecule has 0 saturated carbocycles. The molecule has 0 bridgehead atoms. The van der Waals surface area contributed by atoms with E-state index >= 15 is 0 Å². The first-order valence-electron chi connectivity index (χ1n) is 9.67. The van der Waals surface area contributed by atoms with Crippen LogP contribution in [0.4, 0.5) is 13.2 Å². The van der Waals surface area contributed by atoms with Crippen molar-refractivity contribution >= 4 is 15.9 Å². The van der Waals surface area contributed by atoms with E-state index in [1.54, 1.807) is 47.6 Å². The number of ether oxygens (including phenoxy) is 1. The van der Waals surface area contributed by atoms with Gasteiger partial charge in [0.2, 0.25) is 5.82 Å². The second kappa shape index (κ2) is 8.78. The number of nitrogens with zero attached hydrogens (tertiary/aromatic N) is 4. The highest BCUT2D eigenvalue weighted by Gasteiger charge is 2.35. The lowest BCUT2D eigenvalue weighted by molar-refractivity contribution is -0.137. The fourth-order valence-corrected chi connectivity index (χ4v) is 3.62. The molecule has 0 fully saturated rings. The molecular weight excluding hydrogens is 489 g/mol. The first-order valence-corrected chi connectivity index (χ1v) is 10.5. The average Bonchev–Trinajstić information content (AvgIpc) is 3.41. The quantitative estimate of drug-likeness (QED) is 0.310. The second-order valence-electron chi connectivity index (χ2n) is 7.35. The molecule has 0 N–H and O–H groups in total. The lowest BCUT2D eigenvalue weighted by Crippen LogP contribution is -2.09. The molecule has 4 aromatic rings. The number of aromatic nitrogens is 4. The standard InChI is InChI=1S/C22H18BrF3N4O2/c1-13(2)31-19-6-4-15(10-18(19)23)21-28-20(29-32-21)16-5-3-14(9-17(16)22(24,25)26)11-30-8-7-27-12-30/h3-10,12-13H,11H2,1-2H3. The summed E-state index contributed by atoms with van der Waals surface area (Å²) in [7, 11) is 0. The molecule has 0 atom stereocenters. The van der Waals surface area contributed by atoms with Crippen molar-refractivity contribution in [3.63, 3.8) is 0 Å². The Morgan fingerprint density at radius 3 is 2.62 bits per heavy atom. The van der Waals surface area contributed by atoms with Gasteiger partial charge in [0.25, 0.3) is 5.89 Å². The van der Waals surface area contributed by atoms with Gasteiger partial charge in [-0.1, -0.05) is 17.3 Å². The minimum absolute atomic E-state index is 0.00954. The van der Waals surface area contributed by atoms with Gasteiger partial charge in [-0.3, -0.25) is 0 Å². The minimum Gasteiger partial charge on any atom is -0.490 e. The molecule has 0 amide bonds. The highest BCUT2D eigenvalue weighted by Crippen LogP contribution is 2.38. The number of imidazole rings is 1. The van der Waals surface area contributed by atoms with Crippen molar-refractivity contribution in [3.8, 4) is 28.6 Å². The van der Waals surface area contributed by atoms with E-state index in [1.165, 1.54) is 6.07 Å². The lowest BCUT2D eigenvalue weighted by Gasteiger charge is -2.13. The van der Waals surface area contributed by atoms with E-state index in [4.69, 9.17) is 9.26 Å². The van der Waals surface area contributed by atoms with Gasteiger partial charge in [0.15, 0.2) is 0 Å². The monoisotopic (exact) mass is 506 g/mol. The van der Waals surface area contributed by atoms with E-state index in [9.17, 15) is 13.2 Å². The van der Waals surface area contributed by atoms with Crippen LogP contribution < -0.4 is 4.74 Å². The van der Waals surface area contributed by atoms with Gasteiger partial charge in [0.05, 0.1) is 22.5 Å². The van der Waals surface area contributed by atoms with Crippen LogP contribution in [0.3, 0.4) is 0 Å². The summed E-state index contributed by atoms with van der Waals surface area (Å²) in [6.07, 6.45) is 0.203. The maximum absolute atomic E-state index is 13.8. The van der Waals surface area contributed by atoms with Gasteiger partial charge in [0, 0.05) is 30.1 Å².